The summed E-state index contributed by atoms with van der Waals surface area (Å²) >= 11 is 0. The summed E-state index contributed by atoms with van der Waals surface area (Å²) in [5.74, 6) is -2.84. The highest BCUT2D eigenvalue weighted by Crippen LogP contribution is 2.36. The van der Waals surface area contributed by atoms with Crippen molar-refractivity contribution >= 4 is 17.9 Å². The monoisotopic (exact) mass is 446 g/mol. The van der Waals surface area contributed by atoms with Crippen molar-refractivity contribution in [2.24, 2.45) is 5.92 Å². The maximum Gasteiger partial charge on any atom is 0.340 e. The second-order valence-corrected chi connectivity index (χ2v) is 7.87. The average molecular weight is 446 g/mol. The second-order valence-electron chi connectivity index (χ2n) is 7.87. The van der Waals surface area contributed by atoms with Crippen molar-refractivity contribution in [2.75, 3.05) is 13.2 Å². The van der Waals surface area contributed by atoms with E-state index in [0.717, 1.165) is 24.0 Å². The Balaban J connectivity index is 2.22. The van der Waals surface area contributed by atoms with Gasteiger partial charge in [0.25, 0.3) is 0 Å². The SMILES string of the molecule is C=C1C(=O)OC2C=C(C)CCC=C(C)CC(OC(=O)C(=CO)COC(=O)C(=CC)CO)C12. The lowest BCUT2D eigenvalue weighted by Gasteiger charge is -2.27. The van der Waals surface area contributed by atoms with Gasteiger partial charge in [-0.25, -0.2) is 14.4 Å². The Labute approximate surface area is 187 Å². The first kappa shape index (κ1) is 25.1. The van der Waals surface area contributed by atoms with E-state index in [-0.39, 0.29) is 16.7 Å². The molecule has 2 N–H and O–H groups in total. The van der Waals surface area contributed by atoms with Crippen LogP contribution in [-0.2, 0) is 28.6 Å². The first-order valence-electron chi connectivity index (χ1n) is 10.4. The van der Waals surface area contributed by atoms with Crippen LogP contribution in [0.25, 0.3) is 0 Å². The smallest absolute Gasteiger partial charge is 0.340 e. The Morgan fingerprint density at radius 1 is 1.25 bits per heavy atom. The van der Waals surface area contributed by atoms with Gasteiger partial charge in [0, 0.05) is 12.0 Å². The van der Waals surface area contributed by atoms with E-state index in [1.165, 1.54) is 6.08 Å². The van der Waals surface area contributed by atoms with Gasteiger partial charge >= 0.3 is 17.9 Å². The molecule has 2 rings (SSSR count). The quantitative estimate of drug-likeness (QED) is 0.210. The van der Waals surface area contributed by atoms with Gasteiger partial charge in [-0.15, -0.1) is 0 Å². The molecule has 0 radical (unpaired) electrons. The van der Waals surface area contributed by atoms with Crippen LogP contribution in [0, 0.1) is 5.92 Å². The van der Waals surface area contributed by atoms with Crippen molar-refractivity contribution < 1.29 is 38.8 Å². The minimum absolute atomic E-state index is 0.0201. The molecule has 1 heterocycles. The van der Waals surface area contributed by atoms with Gasteiger partial charge in [-0.2, -0.15) is 0 Å². The van der Waals surface area contributed by atoms with Crippen LogP contribution < -0.4 is 0 Å². The Hall–Kier alpha value is -3.13. The molecule has 32 heavy (non-hydrogen) atoms. The first-order valence-corrected chi connectivity index (χ1v) is 10.4. The molecule has 0 spiro atoms. The maximum atomic E-state index is 12.8. The van der Waals surface area contributed by atoms with Gasteiger partial charge in [-0.05, 0) is 39.7 Å². The number of hydrogen-bond acceptors (Lipinski definition) is 8. The molecule has 3 atom stereocenters. The van der Waals surface area contributed by atoms with E-state index in [1.807, 2.05) is 19.9 Å². The van der Waals surface area contributed by atoms with Crippen molar-refractivity contribution in [3.8, 4) is 0 Å². The van der Waals surface area contributed by atoms with Crippen LogP contribution in [0.5, 0.6) is 0 Å². The van der Waals surface area contributed by atoms with Crippen LogP contribution in [0.1, 0.15) is 40.0 Å². The fourth-order valence-electron chi connectivity index (χ4n) is 3.60. The lowest BCUT2D eigenvalue weighted by molar-refractivity contribution is -0.148. The number of aliphatic hydroxyl groups excluding tert-OH is 2. The molecule has 1 aliphatic carbocycles. The van der Waals surface area contributed by atoms with Gasteiger partial charge in [-0.1, -0.05) is 29.9 Å². The molecule has 174 valence electrons. The fraction of sp³-hybridized carbons (Fsp3) is 0.458. The summed E-state index contributed by atoms with van der Waals surface area (Å²) in [7, 11) is 0. The molecule has 0 bridgehead atoms. The average Bonchev–Trinajstić information content (AvgIpc) is 3.01. The van der Waals surface area contributed by atoms with E-state index >= 15 is 0 Å². The van der Waals surface area contributed by atoms with E-state index in [0.29, 0.717) is 12.7 Å². The Kier molecular flexibility index (Phi) is 9.02. The highest BCUT2D eigenvalue weighted by atomic mass is 16.6. The van der Waals surface area contributed by atoms with Gasteiger partial charge in [0.05, 0.1) is 24.4 Å². The molecule has 0 aromatic carbocycles. The zero-order valence-electron chi connectivity index (χ0n) is 18.6. The number of hydrogen-bond donors (Lipinski definition) is 2. The van der Waals surface area contributed by atoms with Crippen LogP contribution >= 0.6 is 0 Å². The van der Waals surface area contributed by atoms with Crippen molar-refractivity contribution in [1.29, 1.82) is 0 Å². The van der Waals surface area contributed by atoms with Gasteiger partial charge in [-0.3, -0.25) is 0 Å². The van der Waals surface area contributed by atoms with E-state index in [2.05, 4.69) is 12.7 Å². The summed E-state index contributed by atoms with van der Waals surface area (Å²) in [6.07, 6.45) is 6.39. The summed E-state index contributed by atoms with van der Waals surface area (Å²) in [5, 5.41) is 18.6. The van der Waals surface area contributed by atoms with Crippen LogP contribution in [0.3, 0.4) is 0 Å². The fourth-order valence-corrected chi connectivity index (χ4v) is 3.60. The van der Waals surface area contributed by atoms with Crippen molar-refractivity contribution in [3.05, 3.63) is 58.9 Å². The summed E-state index contributed by atoms with van der Waals surface area (Å²) < 4.78 is 16.1. The molecular weight excluding hydrogens is 416 g/mol. The van der Waals surface area contributed by atoms with Crippen molar-refractivity contribution in [2.45, 2.75) is 52.2 Å². The molecule has 2 aliphatic rings. The van der Waals surface area contributed by atoms with E-state index < -0.39 is 49.2 Å². The molecule has 8 heteroatoms. The minimum atomic E-state index is -0.896. The van der Waals surface area contributed by atoms with Gasteiger partial charge in [0.15, 0.2) is 0 Å². The summed E-state index contributed by atoms with van der Waals surface area (Å²) in [6.45, 7) is 8.20. The van der Waals surface area contributed by atoms with Gasteiger partial charge < -0.3 is 24.4 Å². The number of carbonyl (C=O) groups is 3. The number of aliphatic hydroxyl groups is 2. The normalized spacial score (nSPS) is 24.7. The van der Waals surface area contributed by atoms with Crippen LogP contribution in [0.2, 0.25) is 0 Å². The largest absolute Gasteiger partial charge is 0.515 e. The summed E-state index contributed by atoms with van der Waals surface area (Å²) in [4.78, 5) is 36.9. The van der Waals surface area contributed by atoms with Gasteiger partial charge in [0.2, 0.25) is 0 Å². The topological polar surface area (TPSA) is 119 Å². The zero-order chi connectivity index (χ0) is 23.8. The number of rotatable bonds is 6. The number of carbonyl (C=O) groups excluding carboxylic acids is 3. The summed E-state index contributed by atoms with van der Waals surface area (Å²) in [5.41, 5.74) is 1.97. The Bertz CT molecular complexity index is 890. The molecule has 1 fully saturated rings. The highest BCUT2D eigenvalue weighted by Gasteiger charge is 2.44. The van der Waals surface area contributed by atoms with Crippen LogP contribution in [0.15, 0.2) is 58.9 Å². The zero-order valence-corrected chi connectivity index (χ0v) is 18.6. The predicted molar refractivity (Wildman–Crippen MR) is 116 cm³/mol. The second kappa shape index (κ2) is 11.5. The molecule has 0 aromatic heterocycles. The molecule has 0 saturated carbocycles. The van der Waals surface area contributed by atoms with E-state index in [1.54, 1.807) is 6.92 Å². The van der Waals surface area contributed by atoms with E-state index in [4.69, 9.17) is 19.3 Å². The Morgan fingerprint density at radius 2 is 1.97 bits per heavy atom. The lowest BCUT2D eigenvalue weighted by Crippen LogP contribution is -2.34. The predicted octanol–water partition coefficient (Wildman–Crippen LogP) is 3.00. The molecule has 0 amide bonds. The third kappa shape index (κ3) is 6.20. The highest BCUT2D eigenvalue weighted by molar-refractivity contribution is 5.93. The number of allylic oxidation sites excluding steroid dienone is 3. The number of fused-ring (bicyclic) bond motifs is 1. The van der Waals surface area contributed by atoms with E-state index in [9.17, 15) is 19.5 Å². The minimum Gasteiger partial charge on any atom is -0.515 e. The number of ether oxygens (including phenoxy) is 3. The maximum absolute atomic E-state index is 12.8. The third-order valence-electron chi connectivity index (χ3n) is 5.48. The van der Waals surface area contributed by atoms with Crippen molar-refractivity contribution in [1.82, 2.24) is 0 Å². The molecule has 8 nitrogen and oxygen atoms in total. The Morgan fingerprint density at radius 3 is 2.59 bits per heavy atom. The summed E-state index contributed by atoms with van der Waals surface area (Å²) in [6, 6.07) is 0. The van der Waals surface area contributed by atoms with Gasteiger partial charge in [0.1, 0.15) is 24.4 Å². The third-order valence-corrected chi connectivity index (χ3v) is 5.48. The van der Waals surface area contributed by atoms with Crippen LogP contribution in [0.4, 0.5) is 0 Å². The molecule has 3 unspecified atom stereocenters. The first-order chi connectivity index (χ1) is 15.2. The molecule has 1 saturated heterocycles. The standard InChI is InChI=1S/C24H30O8/c1-5-17(11-25)23(28)30-13-18(12-26)24(29)32-20-10-15(3)8-6-7-14(2)9-19-21(20)16(4)22(27)31-19/h5,8-9,12,19-21,25-26H,4,6-7,10-11,13H2,1-3H3. The lowest BCUT2D eigenvalue weighted by atomic mass is 9.85. The molecule has 0 aromatic rings. The number of esters is 3. The molecular formula is C24H30O8. The van der Waals surface area contributed by atoms with Crippen LogP contribution in [-0.4, -0.2) is 53.5 Å². The van der Waals surface area contributed by atoms with Crippen molar-refractivity contribution in [3.63, 3.8) is 0 Å². The molecule has 1 aliphatic heterocycles.